The largest absolute Gasteiger partial charge is 0.481 e. The highest BCUT2D eigenvalue weighted by atomic mass is 16.4. The molecule has 2 unspecified atom stereocenters. The Bertz CT molecular complexity index is 390. The van der Waals surface area contributed by atoms with Gasteiger partial charge in [0.1, 0.15) is 0 Å². The van der Waals surface area contributed by atoms with E-state index in [0.29, 0.717) is 6.42 Å². The van der Waals surface area contributed by atoms with Gasteiger partial charge in [0.2, 0.25) is 0 Å². The van der Waals surface area contributed by atoms with Gasteiger partial charge in [0.25, 0.3) is 0 Å². The van der Waals surface area contributed by atoms with Crippen LogP contribution < -0.4 is 5.73 Å². The minimum absolute atomic E-state index is 0.0716. The molecule has 0 aliphatic carbocycles. The quantitative estimate of drug-likeness (QED) is 0.521. The molecule has 1 rings (SSSR count). The van der Waals surface area contributed by atoms with Crippen LogP contribution >= 0.6 is 0 Å². The molecule has 0 amide bonds. The number of rotatable bonds is 6. The minimum Gasteiger partial charge on any atom is -0.481 e. The number of nitrogens with two attached hydrogens (primary N) is 1. The van der Waals surface area contributed by atoms with Crippen molar-refractivity contribution in [2.75, 3.05) is 0 Å². The summed E-state index contributed by atoms with van der Waals surface area (Å²) in [6, 6.07) is 9.77. The van der Waals surface area contributed by atoms with Crippen LogP contribution in [0.3, 0.4) is 0 Å². The number of amidine groups is 1. The number of carboxylic acid groups (broad SMARTS) is 1. The third-order valence-corrected chi connectivity index (χ3v) is 2.82. The van der Waals surface area contributed by atoms with Gasteiger partial charge in [-0.25, -0.2) is 0 Å². The van der Waals surface area contributed by atoms with Gasteiger partial charge in [-0.15, -0.1) is 0 Å². The van der Waals surface area contributed by atoms with Crippen LogP contribution in [-0.4, -0.2) is 16.9 Å². The topological polar surface area (TPSA) is 87.2 Å². The second-order valence-corrected chi connectivity index (χ2v) is 4.31. The SMILES string of the molecule is CC(CC(CC(=N)N)C(=O)O)c1ccccc1. The van der Waals surface area contributed by atoms with Gasteiger partial charge in [-0.1, -0.05) is 37.3 Å². The first-order chi connectivity index (χ1) is 8.00. The lowest BCUT2D eigenvalue weighted by atomic mass is 9.88. The van der Waals surface area contributed by atoms with Crippen molar-refractivity contribution in [3.63, 3.8) is 0 Å². The van der Waals surface area contributed by atoms with Crippen molar-refractivity contribution in [3.05, 3.63) is 35.9 Å². The molecule has 0 bridgehead atoms. The number of nitrogens with one attached hydrogen (secondary N) is 1. The van der Waals surface area contributed by atoms with Crippen LogP contribution in [0, 0.1) is 11.3 Å². The minimum atomic E-state index is -0.886. The lowest BCUT2D eigenvalue weighted by Crippen LogP contribution is -2.23. The van der Waals surface area contributed by atoms with Gasteiger partial charge in [-0.2, -0.15) is 0 Å². The fraction of sp³-hybridized carbons (Fsp3) is 0.385. The van der Waals surface area contributed by atoms with Gasteiger partial charge in [-0.05, 0) is 17.9 Å². The van der Waals surface area contributed by atoms with E-state index >= 15 is 0 Å². The summed E-state index contributed by atoms with van der Waals surface area (Å²) in [6.07, 6.45) is 0.617. The molecule has 0 spiro atoms. The summed E-state index contributed by atoms with van der Waals surface area (Å²) in [5.74, 6) is -1.39. The lowest BCUT2D eigenvalue weighted by Gasteiger charge is -2.17. The van der Waals surface area contributed by atoms with E-state index in [1.165, 1.54) is 0 Å². The molecule has 17 heavy (non-hydrogen) atoms. The molecule has 4 N–H and O–H groups in total. The molecule has 0 aliphatic heterocycles. The Morgan fingerprint density at radius 3 is 2.47 bits per heavy atom. The molecular weight excluding hydrogens is 216 g/mol. The van der Waals surface area contributed by atoms with E-state index in [9.17, 15) is 4.79 Å². The first-order valence-corrected chi connectivity index (χ1v) is 5.61. The van der Waals surface area contributed by atoms with E-state index in [1.54, 1.807) is 0 Å². The predicted molar refractivity (Wildman–Crippen MR) is 67.1 cm³/mol. The van der Waals surface area contributed by atoms with Crippen molar-refractivity contribution in [1.82, 2.24) is 0 Å². The highest BCUT2D eigenvalue weighted by molar-refractivity contribution is 5.82. The smallest absolute Gasteiger partial charge is 0.306 e. The van der Waals surface area contributed by atoms with Gasteiger partial charge in [0, 0.05) is 6.42 Å². The fourth-order valence-corrected chi connectivity index (χ4v) is 1.88. The first kappa shape index (κ1) is 13.2. The summed E-state index contributed by atoms with van der Waals surface area (Å²) >= 11 is 0. The van der Waals surface area contributed by atoms with Gasteiger partial charge >= 0.3 is 5.97 Å². The summed E-state index contributed by atoms with van der Waals surface area (Å²) in [7, 11) is 0. The average molecular weight is 234 g/mol. The van der Waals surface area contributed by atoms with E-state index in [4.69, 9.17) is 16.2 Å². The highest BCUT2D eigenvalue weighted by Gasteiger charge is 2.21. The number of carbonyl (C=O) groups is 1. The summed E-state index contributed by atoms with van der Waals surface area (Å²) in [6.45, 7) is 1.99. The van der Waals surface area contributed by atoms with Crippen LogP contribution in [0.5, 0.6) is 0 Å². The molecule has 4 nitrogen and oxygen atoms in total. The van der Waals surface area contributed by atoms with Crippen molar-refractivity contribution in [2.45, 2.75) is 25.7 Å². The van der Waals surface area contributed by atoms with Gasteiger partial charge in [-0.3, -0.25) is 10.2 Å². The number of hydrogen-bond acceptors (Lipinski definition) is 2. The Kier molecular flexibility index (Phi) is 4.69. The average Bonchev–Trinajstić information content (AvgIpc) is 2.28. The molecule has 0 heterocycles. The monoisotopic (exact) mass is 234 g/mol. The number of hydrogen-bond donors (Lipinski definition) is 3. The molecule has 0 saturated carbocycles. The second kappa shape index (κ2) is 6.03. The zero-order valence-electron chi connectivity index (χ0n) is 9.89. The third-order valence-electron chi connectivity index (χ3n) is 2.82. The predicted octanol–water partition coefficient (Wildman–Crippen LogP) is 2.21. The van der Waals surface area contributed by atoms with Gasteiger partial charge in [0.15, 0.2) is 0 Å². The van der Waals surface area contributed by atoms with E-state index in [-0.39, 0.29) is 18.2 Å². The Balaban J connectivity index is 2.67. The second-order valence-electron chi connectivity index (χ2n) is 4.31. The summed E-state index contributed by atoms with van der Waals surface area (Å²) in [4.78, 5) is 11.0. The molecule has 0 aliphatic rings. The van der Waals surface area contributed by atoms with E-state index < -0.39 is 11.9 Å². The maximum Gasteiger partial charge on any atom is 0.306 e. The maximum absolute atomic E-state index is 11.0. The summed E-state index contributed by atoms with van der Waals surface area (Å²) in [5.41, 5.74) is 6.38. The van der Waals surface area contributed by atoms with Crippen molar-refractivity contribution in [1.29, 1.82) is 5.41 Å². The van der Waals surface area contributed by atoms with Crippen LogP contribution in [0.2, 0.25) is 0 Å². The normalized spacial score (nSPS) is 13.9. The van der Waals surface area contributed by atoms with Crippen molar-refractivity contribution in [2.24, 2.45) is 11.7 Å². The molecule has 1 aromatic carbocycles. The summed E-state index contributed by atoms with van der Waals surface area (Å²) < 4.78 is 0. The van der Waals surface area contributed by atoms with E-state index in [2.05, 4.69) is 0 Å². The highest BCUT2D eigenvalue weighted by Crippen LogP contribution is 2.25. The Hall–Kier alpha value is -1.84. The van der Waals surface area contributed by atoms with Crippen LogP contribution in [0.25, 0.3) is 0 Å². The number of benzene rings is 1. The zero-order valence-corrected chi connectivity index (χ0v) is 9.89. The van der Waals surface area contributed by atoms with Crippen molar-refractivity contribution >= 4 is 11.8 Å². The zero-order chi connectivity index (χ0) is 12.8. The van der Waals surface area contributed by atoms with Gasteiger partial charge < -0.3 is 10.8 Å². The molecule has 2 atom stereocenters. The molecule has 1 aromatic rings. The molecular formula is C13H18N2O2. The standard InChI is InChI=1S/C13H18N2O2/c1-9(10-5-3-2-4-6-10)7-11(13(16)17)8-12(14)15/h2-6,9,11H,7-8H2,1H3,(H3,14,15)(H,16,17). The Labute approximate surface area is 101 Å². The van der Waals surface area contributed by atoms with Crippen molar-refractivity contribution < 1.29 is 9.90 Å². The van der Waals surface area contributed by atoms with E-state index in [0.717, 1.165) is 5.56 Å². The van der Waals surface area contributed by atoms with Crippen LogP contribution in [-0.2, 0) is 4.79 Å². The van der Waals surface area contributed by atoms with Crippen LogP contribution in [0.1, 0.15) is 31.2 Å². The Morgan fingerprint density at radius 2 is 2.00 bits per heavy atom. The maximum atomic E-state index is 11.0. The number of aliphatic carboxylic acids is 1. The summed E-state index contributed by atoms with van der Waals surface area (Å²) in [5, 5.41) is 16.2. The number of carboxylic acids is 1. The first-order valence-electron chi connectivity index (χ1n) is 5.61. The molecule has 0 aromatic heterocycles. The lowest BCUT2D eigenvalue weighted by molar-refractivity contribution is -0.141. The molecule has 4 heteroatoms. The third kappa shape index (κ3) is 4.26. The van der Waals surface area contributed by atoms with Gasteiger partial charge in [0.05, 0.1) is 11.8 Å². The Morgan fingerprint density at radius 1 is 1.41 bits per heavy atom. The molecule has 92 valence electrons. The van der Waals surface area contributed by atoms with Crippen LogP contribution in [0.15, 0.2) is 30.3 Å². The van der Waals surface area contributed by atoms with Crippen LogP contribution in [0.4, 0.5) is 0 Å². The van der Waals surface area contributed by atoms with E-state index in [1.807, 2.05) is 37.3 Å². The molecule has 0 fully saturated rings. The molecule has 0 saturated heterocycles. The fourth-order valence-electron chi connectivity index (χ4n) is 1.88. The molecule has 0 radical (unpaired) electrons. The van der Waals surface area contributed by atoms with Crippen molar-refractivity contribution in [3.8, 4) is 0 Å².